The van der Waals surface area contributed by atoms with Crippen LogP contribution in [0.5, 0.6) is 0 Å². The summed E-state index contributed by atoms with van der Waals surface area (Å²) >= 11 is 4.66. The van der Waals surface area contributed by atoms with E-state index in [0.29, 0.717) is 37.4 Å². The van der Waals surface area contributed by atoms with Crippen molar-refractivity contribution < 1.29 is 19.4 Å². The fourth-order valence-corrected chi connectivity index (χ4v) is 4.35. The molecule has 1 N–H and O–H groups in total. The topological polar surface area (TPSA) is 63.6 Å². The number of carbonyl (C=O) groups excluding carboxylic acids is 2. The van der Waals surface area contributed by atoms with Gasteiger partial charge in [0.25, 0.3) is 0 Å². The Balaban J connectivity index is 2.36. The van der Waals surface area contributed by atoms with Crippen molar-refractivity contribution in [2.75, 3.05) is 7.11 Å². The Morgan fingerprint density at radius 1 is 1.12 bits per heavy atom. The van der Waals surface area contributed by atoms with Crippen LogP contribution in [0.3, 0.4) is 0 Å². The molecule has 0 amide bonds. The average Bonchev–Trinajstić information content (AvgIpc) is 2.89. The number of carbonyl (C=O) groups is 2. The van der Waals surface area contributed by atoms with E-state index >= 15 is 0 Å². The molecule has 0 saturated heterocycles. The van der Waals surface area contributed by atoms with E-state index in [0.717, 1.165) is 44.9 Å². The molecule has 150 valence electrons. The predicted octanol–water partition coefficient (Wildman–Crippen LogP) is 4.50. The number of methoxy groups -OCH3 is 1. The van der Waals surface area contributed by atoms with Crippen molar-refractivity contribution in [3.05, 3.63) is 12.2 Å². The van der Waals surface area contributed by atoms with E-state index in [-0.39, 0.29) is 23.2 Å². The summed E-state index contributed by atoms with van der Waals surface area (Å²) < 4.78 is 4.62. The van der Waals surface area contributed by atoms with Crippen LogP contribution in [-0.2, 0) is 14.3 Å². The van der Waals surface area contributed by atoms with E-state index < -0.39 is 0 Å². The molecule has 5 heteroatoms. The van der Waals surface area contributed by atoms with Gasteiger partial charge >= 0.3 is 5.97 Å². The van der Waals surface area contributed by atoms with E-state index in [4.69, 9.17) is 0 Å². The van der Waals surface area contributed by atoms with Crippen molar-refractivity contribution in [1.82, 2.24) is 0 Å². The quantitative estimate of drug-likeness (QED) is 0.212. The average molecular weight is 385 g/mol. The van der Waals surface area contributed by atoms with Crippen LogP contribution in [0.25, 0.3) is 0 Å². The van der Waals surface area contributed by atoms with Gasteiger partial charge in [-0.3, -0.25) is 9.59 Å². The van der Waals surface area contributed by atoms with Crippen LogP contribution in [0.1, 0.15) is 77.6 Å². The van der Waals surface area contributed by atoms with Gasteiger partial charge in [-0.05, 0) is 50.4 Å². The third-order valence-corrected chi connectivity index (χ3v) is 5.99. The molecule has 0 spiro atoms. The molecule has 1 saturated carbocycles. The van der Waals surface area contributed by atoms with E-state index in [1.54, 1.807) is 0 Å². The third kappa shape index (κ3) is 8.72. The molecule has 0 heterocycles. The Morgan fingerprint density at radius 2 is 1.88 bits per heavy atom. The molecule has 1 aliphatic carbocycles. The molecule has 0 aromatic rings. The summed E-state index contributed by atoms with van der Waals surface area (Å²) in [5, 5.41) is 10.5. The van der Waals surface area contributed by atoms with Crippen LogP contribution in [0.4, 0.5) is 0 Å². The van der Waals surface area contributed by atoms with Crippen molar-refractivity contribution in [3.8, 4) is 0 Å². The van der Waals surface area contributed by atoms with Crippen molar-refractivity contribution in [1.29, 1.82) is 0 Å². The van der Waals surface area contributed by atoms with Crippen LogP contribution >= 0.6 is 12.6 Å². The maximum absolute atomic E-state index is 12.0. The minimum absolute atomic E-state index is 0.172. The smallest absolute Gasteiger partial charge is 0.305 e. The van der Waals surface area contributed by atoms with Gasteiger partial charge in [-0.15, -0.1) is 0 Å². The van der Waals surface area contributed by atoms with Crippen molar-refractivity contribution >= 4 is 24.4 Å². The molecule has 0 aromatic heterocycles. The number of hydrogen-bond donors (Lipinski definition) is 2. The zero-order chi connectivity index (χ0) is 19.4. The molecule has 1 rings (SSSR count). The highest BCUT2D eigenvalue weighted by molar-refractivity contribution is 7.81. The Hall–Kier alpha value is -0.810. The van der Waals surface area contributed by atoms with Gasteiger partial charge < -0.3 is 9.84 Å². The summed E-state index contributed by atoms with van der Waals surface area (Å²) in [6.45, 7) is 2.14. The minimum Gasteiger partial charge on any atom is -0.469 e. The van der Waals surface area contributed by atoms with E-state index in [1.165, 1.54) is 7.11 Å². The molecule has 0 unspecified atom stereocenters. The summed E-state index contributed by atoms with van der Waals surface area (Å²) in [4.78, 5) is 23.1. The predicted molar refractivity (Wildman–Crippen MR) is 108 cm³/mol. The molecule has 4 nitrogen and oxygen atoms in total. The second kappa shape index (κ2) is 13.4. The summed E-state index contributed by atoms with van der Waals surface area (Å²) in [5.41, 5.74) is 0. The zero-order valence-corrected chi connectivity index (χ0v) is 17.3. The fourth-order valence-electron chi connectivity index (χ4n) is 3.77. The van der Waals surface area contributed by atoms with E-state index in [1.807, 2.05) is 0 Å². The number of unbranched alkanes of at least 4 members (excludes halogenated alkanes) is 3. The summed E-state index contributed by atoms with van der Waals surface area (Å²) in [7, 11) is 1.40. The molecule has 0 aliphatic heterocycles. The molecular weight excluding hydrogens is 348 g/mol. The maximum Gasteiger partial charge on any atom is 0.305 e. The lowest BCUT2D eigenvalue weighted by molar-refractivity contribution is -0.140. The first-order valence-electron chi connectivity index (χ1n) is 10.1. The first-order chi connectivity index (χ1) is 12.5. The Bertz CT molecular complexity index is 449. The molecule has 0 radical (unpaired) electrons. The van der Waals surface area contributed by atoms with Crippen LogP contribution in [0.15, 0.2) is 12.2 Å². The highest BCUT2D eigenvalue weighted by atomic mass is 32.1. The van der Waals surface area contributed by atoms with Gasteiger partial charge in [0.15, 0.2) is 0 Å². The summed E-state index contributed by atoms with van der Waals surface area (Å²) in [5.74, 6) is 0.643. The van der Waals surface area contributed by atoms with Crippen molar-refractivity contribution in [2.24, 2.45) is 11.8 Å². The normalized spacial score (nSPS) is 25.7. The molecule has 1 aliphatic rings. The number of aliphatic hydroxyl groups excluding tert-OH is 1. The summed E-state index contributed by atoms with van der Waals surface area (Å²) in [6, 6.07) is 0. The summed E-state index contributed by atoms with van der Waals surface area (Å²) in [6.07, 6.45) is 12.8. The van der Waals surface area contributed by atoms with Crippen LogP contribution in [0, 0.1) is 11.8 Å². The molecule has 0 bridgehead atoms. The molecule has 0 aromatic carbocycles. The van der Waals surface area contributed by atoms with Crippen molar-refractivity contribution in [2.45, 2.75) is 88.9 Å². The van der Waals surface area contributed by atoms with Gasteiger partial charge in [0.05, 0.1) is 13.2 Å². The van der Waals surface area contributed by atoms with Gasteiger partial charge in [-0.25, -0.2) is 0 Å². The number of Topliss-reactive ketones (excluding diaryl/α,β-unsaturated/α-hetero) is 1. The number of rotatable bonds is 13. The van der Waals surface area contributed by atoms with Crippen LogP contribution in [-0.4, -0.2) is 35.3 Å². The maximum atomic E-state index is 12.0. The number of ether oxygens (including phenoxy) is 1. The Labute approximate surface area is 164 Å². The molecule has 26 heavy (non-hydrogen) atoms. The number of aliphatic hydroxyl groups is 1. The van der Waals surface area contributed by atoms with Gasteiger partial charge in [0.2, 0.25) is 0 Å². The molecule has 1 fully saturated rings. The van der Waals surface area contributed by atoms with Crippen molar-refractivity contribution in [3.63, 3.8) is 0 Å². The van der Waals surface area contributed by atoms with Gasteiger partial charge in [-0.1, -0.05) is 31.9 Å². The number of ketones is 1. The zero-order valence-electron chi connectivity index (χ0n) is 16.4. The highest BCUT2D eigenvalue weighted by Crippen LogP contribution is 2.41. The minimum atomic E-state index is -0.336. The lowest BCUT2D eigenvalue weighted by atomic mass is 9.86. The van der Waals surface area contributed by atoms with Crippen LogP contribution in [0.2, 0.25) is 0 Å². The number of esters is 1. The van der Waals surface area contributed by atoms with Crippen LogP contribution < -0.4 is 0 Å². The molecule has 4 atom stereocenters. The highest BCUT2D eigenvalue weighted by Gasteiger charge is 2.39. The first kappa shape index (κ1) is 23.2. The Morgan fingerprint density at radius 3 is 2.58 bits per heavy atom. The standard InChI is InChI=1S/C21H36O4S/c1-3-4-7-10-16(22)13-14-18-17(19(23)15-20(18)26)11-8-5-6-9-12-21(24)25-2/h5,8,17-20,23,26H,3-4,6-7,9-15H2,1-2H3/b8-5-/t17-,18-,19+,20-/m1/s1. The number of thiol groups is 1. The van der Waals surface area contributed by atoms with Gasteiger partial charge in [0, 0.05) is 24.5 Å². The Kier molecular flexibility index (Phi) is 11.9. The first-order valence-corrected chi connectivity index (χ1v) is 10.6. The lowest BCUT2D eigenvalue weighted by Crippen LogP contribution is -2.21. The second-order valence-electron chi connectivity index (χ2n) is 7.41. The molecular formula is C21H36O4S. The SMILES string of the molecule is CCCCCC(=O)CC[C@@H]1[C@@H](C/C=C\CCCC(=O)OC)[C@@H](O)C[C@H]1S. The van der Waals surface area contributed by atoms with Gasteiger partial charge in [0.1, 0.15) is 5.78 Å². The largest absolute Gasteiger partial charge is 0.469 e. The number of hydrogen-bond acceptors (Lipinski definition) is 5. The van der Waals surface area contributed by atoms with Gasteiger partial charge in [-0.2, -0.15) is 12.6 Å². The number of allylic oxidation sites excluding steroid dienone is 2. The monoisotopic (exact) mass is 384 g/mol. The lowest BCUT2D eigenvalue weighted by Gasteiger charge is -2.22. The fraction of sp³-hybridized carbons (Fsp3) is 0.810. The van der Waals surface area contributed by atoms with E-state index in [2.05, 4.69) is 36.4 Å². The third-order valence-electron chi connectivity index (χ3n) is 5.39. The second-order valence-corrected chi connectivity index (χ2v) is 8.07. The van der Waals surface area contributed by atoms with E-state index in [9.17, 15) is 14.7 Å².